The number of hydrogen-bond donors (Lipinski definition) is 2. The second-order valence-electron chi connectivity index (χ2n) is 11.0. The Labute approximate surface area is 204 Å². The van der Waals surface area contributed by atoms with Crippen molar-refractivity contribution in [3.8, 4) is 0 Å². The van der Waals surface area contributed by atoms with Crippen LogP contribution < -0.4 is 5.32 Å². The number of ether oxygens (including phenoxy) is 1. The molecule has 11 heteroatoms. The lowest BCUT2D eigenvalue weighted by atomic mass is 9.85. The molecule has 0 bridgehead atoms. The smallest absolute Gasteiger partial charge is 0.248 e. The number of hydrogen-bond acceptors (Lipinski definition) is 8. The summed E-state index contributed by atoms with van der Waals surface area (Å²) < 4.78 is 7.22. The number of aliphatic hydroxyl groups excluding tert-OH is 1. The third kappa shape index (κ3) is 4.66. The topological polar surface area (TPSA) is 135 Å². The lowest BCUT2D eigenvalue weighted by Crippen LogP contribution is -2.55. The van der Waals surface area contributed by atoms with Gasteiger partial charge in [0.25, 0.3) is 0 Å². The monoisotopic (exact) mass is 483 g/mol. The van der Waals surface area contributed by atoms with Crippen LogP contribution in [0.25, 0.3) is 0 Å². The van der Waals surface area contributed by atoms with E-state index in [9.17, 15) is 14.7 Å². The SMILES string of the molecule is CC(C)(C)[C@H](C(=O)N1CC(O)CC1C(=O)NC1(c2ncccn2)CCOC1)n1cc(C2CC2)nn1. The molecule has 3 aliphatic rings. The van der Waals surface area contributed by atoms with Crippen molar-refractivity contribution in [3.63, 3.8) is 0 Å². The van der Waals surface area contributed by atoms with Crippen molar-refractivity contribution < 1.29 is 19.4 Å². The molecule has 4 atom stereocenters. The summed E-state index contributed by atoms with van der Waals surface area (Å²) in [5.41, 5.74) is -0.456. The van der Waals surface area contributed by atoms with Gasteiger partial charge in [0.2, 0.25) is 11.8 Å². The fourth-order valence-corrected chi connectivity index (χ4v) is 5.09. The van der Waals surface area contributed by atoms with Crippen molar-refractivity contribution >= 4 is 11.8 Å². The molecule has 4 heterocycles. The van der Waals surface area contributed by atoms with E-state index in [4.69, 9.17) is 4.74 Å². The first-order valence-electron chi connectivity index (χ1n) is 12.3. The molecule has 2 N–H and O–H groups in total. The summed E-state index contributed by atoms with van der Waals surface area (Å²) in [5, 5.41) is 22.1. The van der Waals surface area contributed by atoms with Gasteiger partial charge in [0.15, 0.2) is 5.82 Å². The van der Waals surface area contributed by atoms with Gasteiger partial charge >= 0.3 is 0 Å². The van der Waals surface area contributed by atoms with Crippen LogP contribution in [0.4, 0.5) is 0 Å². The Hall–Kier alpha value is -2.92. The molecule has 0 spiro atoms. The number of amides is 2. The number of likely N-dealkylation sites (tertiary alicyclic amines) is 1. The molecule has 35 heavy (non-hydrogen) atoms. The van der Waals surface area contributed by atoms with Crippen LogP contribution in [0.15, 0.2) is 24.7 Å². The normalized spacial score (nSPS) is 27.7. The number of carbonyl (C=O) groups excluding carboxylic acids is 2. The summed E-state index contributed by atoms with van der Waals surface area (Å²) >= 11 is 0. The molecule has 0 aromatic carbocycles. The van der Waals surface area contributed by atoms with Crippen LogP contribution in [0.2, 0.25) is 0 Å². The zero-order valence-electron chi connectivity index (χ0n) is 20.4. The summed E-state index contributed by atoms with van der Waals surface area (Å²) in [6.45, 7) is 6.70. The van der Waals surface area contributed by atoms with Crippen LogP contribution in [0.3, 0.4) is 0 Å². The highest BCUT2D eigenvalue weighted by Gasteiger charge is 2.48. The molecule has 2 aromatic rings. The van der Waals surface area contributed by atoms with E-state index in [0.29, 0.717) is 24.8 Å². The number of β-amino-alcohol motifs (C(OH)–C–C–N with tert-alkyl or cyclic N) is 1. The molecule has 3 fully saturated rings. The van der Waals surface area contributed by atoms with E-state index < -0.39 is 29.1 Å². The second kappa shape index (κ2) is 8.94. The van der Waals surface area contributed by atoms with E-state index >= 15 is 0 Å². The summed E-state index contributed by atoms with van der Waals surface area (Å²) in [5.74, 6) is 0.286. The van der Waals surface area contributed by atoms with Crippen LogP contribution in [-0.4, -0.2) is 78.7 Å². The van der Waals surface area contributed by atoms with Gasteiger partial charge in [-0.15, -0.1) is 5.10 Å². The fourth-order valence-electron chi connectivity index (χ4n) is 5.09. The molecule has 1 saturated carbocycles. The van der Waals surface area contributed by atoms with Crippen LogP contribution in [0.5, 0.6) is 0 Å². The highest BCUT2D eigenvalue weighted by atomic mass is 16.5. The summed E-state index contributed by atoms with van der Waals surface area (Å²) in [6.07, 6.45) is 7.18. The number of aliphatic hydroxyl groups is 1. The van der Waals surface area contributed by atoms with Crippen molar-refractivity contribution in [3.05, 3.63) is 36.2 Å². The number of nitrogens with one attached hydrogen (secondary N) is 1. The molecule has 2 saturated heterocycles. The van der Waals surface area contributed by atoms with Crippen LogP contribution in [0, 0.1) is 5.41 Å². The average Bonchev–Trinajstić information content (AvgIpc) is 3.19. The standard InChI is InChI=1S/C24H33N7O4/c1-23(2,3)19(31-13-17(28-29-31)15-5-6-15)21(34)30-12-16(32)11-18(30)20(33)27-24(7-10-35-14-24)22-25-8-4-9-26-22/h4,8-9,13,15-16,18-19,32H,5-7,10-12,14H2,1-3H3,(H,27,33)/t16?,18?,19-,24?/m0/s1. The Morgan fingerprint density at radius 2 is 2.00 bits per heavy atom. The first kappa shape index (κ1) is 23.8. The maximum Gasteiger partial charge on any atom is 0.248 e. The highest BCUT2D eigenvalue weighted by Crippen LogP contribution is 2.40. The van der Waals surface area contributed by atoms with Crippen molar-refractivity contribution in [1.82, 2.24) is 35.2 Å². The third-order valence-electron chi connectivity index (χ3n) is 7.09. The van der Waals surface area contributed by atoms with Crippen LogP contribution in [-0.2, 0) is 19.9 Å². The molecular formula is C24H33N7O4. The number of rotatable bonds is 6. The summed E-state index contributed by atoms with van der Waals surface area (Å²) in [4.78, 5) is 37.7. The van der Waals surface area contributed by atoms with E-state index in [1.807, 2.05) is 27.0 Å². The van der Waals surface area contributed by atoms with E-state index in [0.717, 1.165) is 18.5 Å². The van der Waals surface area contributed by atoms with Crippen molar-refractivity contribution in [2.24, 2.45) is 5.41 Å². The Morgan fingerprint density at radius 3 is 2.63 bits per heavy atom. The van der Waals surface area contributed by atoms with E-state index in [1.165, 1.54) is 4.90 Å². The molecule has 2 amide bonds. The van der Waals surface area contributed by atoms with E-state index in [2.05, 4.69) is 25.6 Å². The predicted octanol–water partition coefficient (Wildman–Crippen LogP) is 0.927. The minimum atomic E-state index is -0.866. The van der Waals surface area contributed by atoms with Crippen molar-refractivity contribution in [2.45, 2.75) is 76.1 Å². The maximum atomic E-state index is 13.9. The Balaban J connectivity index is 1.40. The van der Waals surface area contributed by atoms with Gasteiger partial charge in [0, 0.05) is 50.5 Å². The molecule has 1 aliphatic carbocycles. The van der Waals surface area contributed by atoms with Gasteiger partial charge in [0.1, 0.15) is 17.6 Å². The lowest BCUT2D eigenvalue weighted by Gasteiger charge is -2.35. The van der Waals surface area contributed by atoms with Gasteiger partial charge in [-0.3, -0.25) is 9.59 Å². The van der Waals surface area contributed by atoms with Gasteiger partial charge < -0.3 is 20.1 Å². The molecule has 2 aromatic heterocycles. The number of nitrogens with zero attached hydrogens (tertiary/aromatic N) is 6. The maximum absolute atomic E-state index is 13.9. The molecule has 3 unspecified atom stereocenters. The molecular weight excluding hydrogens is 450 g/mol. The second-order valence-corrected chi connectivity index (χ2v) is 11.0. The molecule has 11 nitrogen and oxygen atoms in total. The zero-order valence-corrected chi connectivity index (χ0v) is 20.4. The largest absolute Gasteiger partial charge is 0.391 e. The van der Waals surface area contributed by atoms with E-state index in [-0.39, 0.29) is 31.4 Å². The average molecular weight is 484 g/mol. The lowest BCUT2D eigenvalue weighted by molar-refractivity contribution is -0.144. The van der Waals surface area contributed by atoms with Gasteiger partial charge in [-0.25, -0.2) is 14.6 Å². The third-order valence-corrected chi connectivity index (χ3v) is 7.09. The molecule has 2 aliphatic heterocycles. The van der Waals surface area contributed by atoms with Gasteiger partial charge in [0.05, 0.1) is 18.4 Å². The van der Waals surface area contributed by atoms with Crippen LogP contribution >= 0.6 is 0 Å². The Kier molecular flexibility index (Phi) is 6.08. The molecule has 0 radical (unpaired) electrons. The van der Waals surface area contributed by atoms with Gasteiger partial charge in [-0.2, -0.15) is 0 Å². The first-order valence-corrected chi connectivity index (χ1v) is 12.3. The van der Waals surface area contributed by atoms with Gasteiger partial charge in [-0.1, -0.05) is 26.0 Å². The fraction of sp³-hybridized carbons (Fsp3) is 0.667. The van der Waals surface area contributed by atoms with E-state index in [1.54, 1.807) is 23.1 Å². The minimum Gasteiger partial charge on any atom is -0.391 e. The van der Waals surface area contributed by atoms with Crippen molar-refractivity contribution in [2.75, 3.05) is 19.8 Å². The number of aromatic nitrogens is 5. The highest BCUT2D eigenvalue weighted by molar-refractivity contribution is 5.90. The first-order chi connectivity index (χ1) is 16.7. The van der Waals surface area contributed by atoms with Gasteiger partial charge in [-0.05, 0) is 24.3 Å². The molecule has 188 valence electrons. The minimum absolute atomic E-state index is 0.0824. The number of carbonyl (C=O) groups is 2. The van der Waals surface area contributed by atoms with Crippen LogP contribution in [0.1, 0.15) is 69.9 Å². The quantitative estimate of drug-likeness (QED) is 0.619. The predicted molar refractivity (Wildman–Crippen MR) is 124 cm³/mol. The summed E-state index contributed by atoms with van der Waals surface area (Å²) in [7, 11) is 0. The summed E-state index contributed by atoms with van der Waals surface area (Å²) in [6, 6.07) is 0.229. The van der Waals surface area contributed by atoms with Crippen molar-refractivity contribution in [1.29, 1.82) is 0 Å². The molecule has 5 rings (SSSR count). The Morgan fingerprint density at radius 1 is 1.26 bits per heavy atom. The zero-order chi connectivity index (χ0) is 24.8. The Bertz CT molecular complexity index is 1070.